The summed E-state index contributed by atoms with van der Waals surface area (Å²) in [6, 6.07) is 9.47. The predicted molar refractivity (Wildman–Crippen MR) is 104 cm³/mol. The minimum Gasteiger partial charge on any atom is -0.493 e. The molecule has 7 nitrogen and oxygen atoms in total. The van der Waals surface area contributed by atoms with Crippen molar-refractivity contribution in [1.29, 1.82) is 0 Å². The number of benzene rings is 1. The van der Waals surface area contributed by atoms with E-state index in [1.54, 1.807) is 14.2 Å². The van der Waals surface area contributed by atoms with Crippen LogP contribution in [0.25, 0.3) is 11.5 Å². The first kappa shape index (κ1) is 18.8. The third kappa shape index (κ3) is 4.79. The number of thiazole rings is 1. The second-order valence-electron chi connectivity index (χ2n) is 5.76. The summed E-state index contributed by atoms with van der Waals surface area (Å²) in [4.78, 5) is 15.5. The molecule has 2 aromatic heterocycles. The first-order chi connectivity index (χ1) is 13.1. The Kier molecular flexibility index (Phi) is 5.97. The number of nitrogens with zero attached hydrogens (tertiary/aromatic N) is 1. The number of amides is 1. The highest BCUT2D eigenvalue weighted by atomic mass is 32.1. The number of hydrogen-bond acceptors (Lipinski definition) is 7. The molecule has 2 heterocycles. The van der Waals surface area contributed by atoms with Crippen LogP contribution in [0.4, 0.5) is 5.13 Å². The Morgan fingerprint density at radius 2 is 1.96 bits per heavy atom. The Morgan fingerprint density at radius 1 is 1.15 bits per heavy atom. The fourth-order valence-corrected chi connectivity index (χ4v) is 3.16. The van der Waals surface area contributed by atoms with E-state index in [0.29, 0.717) is 36.1 Å². The number of rotatable bonds is 8. The number of furan rings is 1. The fourth-order valence-electron chi connectivity index (χ4n) is 2.46. The lowest BCUT2D eigenvalue weighted by molar-refractivity contribution is -0.119. The van der Waals surface area contributed by atoms with Crippen LogP contribution in [0.2, 0.25) is 0 Å². The van der Waals surface area contributed by atoms with Gasteiger partial charge in [0, 0.05) is 18.8 Å². The topological polar surface area (TPSA) is 85.6 Å². The van der Waals surface area contributed by atoms with Gasteiger partial charge in [0.05, 0.1) is 20.8 Å². The summed E-state index contributed by atoms with van der Waals surface area (Å²) in [5.41, 5.74) is 1.81. The summed E-state index contributed by atoms with van der Waals surface area (Å²) in [6.07, 6.45) is 0. The van der Waals surface area contributed by atoms with Crippen molar-refractivity contribution < 1.29 is 18.7 Å². The zero-order valence-electron chi connectivity index (χ0n) is 15.4. The smallest absolute Gasteiger partial charge is 0.217 e. The van der Waals surface area contributed by atoms with Crippen molar-refractivity contribution in [2.45, 2.75) is 20.0 Å². The van der Waals surface area contributed by atoms with Crippen LogP contribution in [-0.2, 0) is 17.9 Å². The van der Waals surface area contributed by atoms with E-state index in [1.165, 1.54) is 18.3 Å². The number of anilines is 1. The Hall–Kier alpha value is -3.00. The molecule has 2 N–H and O–H groups in total. The lowest BCUT2D eigenvalue weighted by Crippen LogP contribution is -2.18. The first-order valence-electron chi connectivity index (χ1n) is 8.33. The van der Waals surface area contributed by atoms with Gasteiger partial charge in [-0.1, -0.05) is 6.07 Å². The van der Waals surface area contributed by atoms with Crippen molar-refractivity contribution in [2.24, 2.45) is 0 Å². The molecule has 0 unspecified atom stereocenters. The maximum absolute atomic E-state index is 11.0. The third-order valence-electron chi connectivity index (χ3n) is 3.82. The molecular weight excluding hydrogens is 366 g/mol. The summed E-state index contributed by atoms with van der Waals surface area (Å²) >= 11 is 1.50. The molecule has 0 spiro atoms. The maximum atomic E-state index is 11.0. The van der Waals surface area contributed by atoms with E-state index < -0.39 is 0 Å². The summed E-state index contributed by atoms with van der Waals surface area (Å²) < 4.78 is 16.3. The van der Waals surface area contributed by atoms with E-state index in [2.05, 4.69) is 15.6 Å². The molecule has 142 valence electrons. The third-order valence-corrected chi connectivity index (χ3v) is 4.62. The van der Waals surface area contributed by atoms with Gasteiger partial charge in [-0.05, 0) is 29.8 Å². The molecule has 0 fully saturated rings. The summed E-state index contributed by atoms with van der Waals surface area (Å²) in [7, 11) is 3.23. The molecule has 0 atom stereocenters. The molecule has 1 amide bonds. The SMILES string of the molecule is COc1ccc(CNc2nc(-c3ccc(CNC(C)=O)o3)cs2)cc1OC. The molecule has 0 aliphatic rings. The summed E-state index contributed by atoms with van der Waals surface area (Å²) in [5, 5.41) is 8.72. The van der Waals surface area contributed by atoms with E-state index in [-0.39, 0.29) is 5.91 Å². The molecule has 0 bridgehead atoms. The normalized spacial score (nSPS) is 10.5. The zero-order chi connectivity index (χ0) is 19.2. The van der Waals surface area contributed by atoms with Crippen LogP contribution >= 0.6 is 11.3 Å². The Balaban J connectivity index is 1.62. The monoisotopic (exact) mass is 387 g/mol. The van der Waals surface area contributed by atoms with Gasteiger partial charge in [0.1, 0.15) is 11.5 Å². The lowest BCUT2D eigenvalue weighted by atomic mass is 10.2. The van der Waals surface area contributed by atoms with Gasteiger partial charge in [-0.25, -0.2) is 4.98 Å². The van der Waals surface area contributed by atoms with Gasteiger partial charge < -0.3 is 24.5 Å². The average molecular weight is 387 g/mol. The number of ether oxygens (including phenoxy) is 2. The molecule has 0 saturated heterocycles. The van der Waals surface area contributed by atoms with E-state index in [1.807, 2.05) is 35.7 Å². The molecule has 8 heteroatoms. The predicted octanol–water partition coefficient (Wildman–Crippen LogP) is 3.67. The van der Waals surface area contributed by atoms with E-state index in [9.17, 15) is 4.79 Å². The van der Waals surface area contributed by atoms with Gasteiger partial charge in [-0.3, -0.25) is 4.79 Å². The van der Waals surface area contributed by atoms with Crippen LogP contribution in [-0.4, -0.2) is 25.1 Å². The minimum absolute atomic E-state index is 0.0942. The van der Waals surface area contributed by atoms with Crippen LogP contribution in [0.5, 0.6) is 11.5 Å². The second-order valence-corrected chi connectivity index (χ2v) is 6.61. The van der Waals surface area contributed by atoms with Crippen LogP contribution in [0.1, 0.15) is 18.2 Å². The Morgan fingerprint density at radius 3 is 2.70 bits per heavy atom. The number of aromatic nitrogens is 1. The lowest BCUT2D eigenvalue weighted by Gasteiger charge is -2.09. The van der Waals surface area contributed by atoms with Crippen LogP contribution in [0, 0.1) is 0 Å². The number of nitrogens with one attached hydrogen (secondary N) is 2. The average Bonchev–Trinajstić information content (AvgIpc) is 3.33. The van der Waals surface area contributed by atoms with Crippen molar-refractivity contribution >= 4 is 22.4 Å². The highest BCUT2D eigenvalue weighted by Crippen LogP contribution is 2.29. The van der Waals surface area contributed by atoms with E-state index in [4.69, 9.17) is 13.9 Å². The van der Waals surface area contributed by atoms with Gasteiger partial charge in [0.2, 0.25) is 5.91 Å². The van der Waals surface area contributed by atoms with Gasteiger partial charge in [-0.2, -0.15) is 0 Å². The highest BCUT2D eigenvalue weighted by Gasteiger charge is 2.10. The molecule has 1 aromatic carbocycles. The number of carbonyl (C=O) groups excluding carboxylic acids is 1. The largest absolute Gasteiger partial charge is 0.493 e. The first-order valence-corrected chi connectivity index (χ1v) is 9.21. The molecule has 0 saturated carbocycles. The van der Waals surface area contributed by atoms with Gasteiger partial charge >= 0.3 is 0 Å². The number of carbonyl (C=O) groups is 1. The Bertz CT molecular complexity index is 919. The zero-order valence-corrected chi connectivity index (χ0v) is 16.2. The van der Waals surface area contributed by atoms with Crippen molar-refractivity contribution in [3.05, 3.63) is 47.0 Å². The maximum Gasteiger partial charge on any atom is 0.217 e. The summed E-state index contributed by atoms with van der Waals surface area (Å²) in [5.74, 6) is 2.66. The van der Waals surface area contributed by atoms with E-state index in [0.717, 1.165) is 16.4 Å². The minimum atomic E-state index is -0.0942. The van der Waals surface area contributed by atoms with Crippen molar-refractivity contribution in [1.82, 2.24) is 10.3 Å². The highest BCUT2D eigenvalue weighted by molar-refractivity contribution is 7.14. The molecular formula is C19H21N3O4S. The molecule has 3 rings (SSSR count). The fraction of sp³-hybridized carbons (Fsp3) is 0.263. The van der Waals surface area contributed by atoms with Crippen molar-refractivity contribution in [2.75, 3.05) is 19.5 Å². The molecule has 0 aliphatic carbocycles. The van der Waals surface area contributed by atoms with E-state index >= 15 is 0 Å². The van der Waals surface area contributed by atoms with Crippen LogP contribution < -0.4 is 20.1 Å². The second kappa shape index (κ2) is 8.59. The number of methoxy groups -OCH3 is 2. The molecule has 0 radical (unpaired) electrons. The van der Waals surface area contributed by atoms with Gasteiger partial charge in [0.25, 0.3) is 0 Å². The molecule has 27 heavy (non-hydrogen) atoms. The van der Waals surface area contributed by atoms with Crippen molar-refractivity contribution in [3.63, 3.8) is 0 Å². The van der Waals surface area contributed by atoms with Crippen LogP contribution in [0.15, 0.2) is 40.1 Å². The standard InChI is InChI=1S/C19H21N3O4S/c1-12(23)20-10-14-5-7-16(26-14)15-11-27-19(22-15)21-9-13-4-6-17(24-2)18(8-13)25-3/h4-8,11H,9-10H2,1-3H3,(H,20,23)(H,21,22). The molecule has 0 aliphatic heterocycles. The van der Waals surface area contributed by atoms with Gasteiger partial charge in [-0.15, -0.1) is 11.3 Å². The quantitative estimate of drug-likeness (QED) is 0.613. The molecule has 3 aromatic rings. The number of hydrogen-bond donors (Lipinski definition) is 2. The summed E-state index contributed by atoms with van der Waals surface area (Å²) in [6.45, 7) is 2.45. The Labute approximate surface area is 161 Å². The van der Waals surface area contributed by atoms with Gasteiger partial charge in [0.15, 0.2) is 22.4 Å². The van der Waals surface area contributed by atoms with Crippen LogP contribution in [0.3, 0.4) is 0 Å². The van der Waals surface area contributed by atoms with Crippen molar-refractivity contribution in [3.8, 4) is 23.0 Å².